The molecular weight excluding hydrogens is 137 g/mol. The van der Waals surface area contributed by atoms with Gasteiger partial charge in [0.15, 0.2) is 5.91 Å². The predicted octanol–water partition coefficient (Wildman–Crippen LogP) is 0.320. The van der Waals surface area contributed by atoms with E-state index in [-0.39, 0.29) is 13.9 Å². The highest BCUT2D eigenvalue weighted by molar-refractivity contribution is 6.30. The number of carbonyl (C=O) groups is 1. The minimum atomic E-state index is -0.0684. The number of carbonyl (C=O) groups excluding carboxylic acids is 1. The van der Waals surface area contributed by atoms with Crippen molar-refractivity contribution in [1.82, 2.24) is 0 Å². The number of amides is 1. The maximum absolute atomic E-state index is 10.9. The van der Waals surface area contributed by atoms with Gasteiger partial charge in [-0.15, -0.1) is 0 Å². The zero-order valence-electron chi connectivity index (χ0n) is 5.74. The van der Waals surface area contributed by atoms with Gasteiger partial charge in [-0.3, -0.25) is 4.79 Å². The van der Waals surface area contributed by atoms with Crippen molar-refractivity contribution in [2.45, 2.75) is 6.92 Å². The molecule has 0 aromatic heterocycles. The van der Waals surface area contributed by atoms with E-state index in [1.807, 2.05) is 35.1 Å². The van der Waals surface area contributed by atoms with Crippen LogP contribution in [-0.4, -0.2) is 13.9 Å². The predicted molar refractivity (Wildman–Crippen MR) is 49.5 cm³/mol. The van der Waals surface area contributed by atoms with Crippen molar-refractivity contribution < 1.29 is 4.79 Å². The Morgan fingerprint density at radius 2 is 1.91 bits per heavy atom. The van der Waals surface area contributed by atoms with Crippen LogP contribution >= 0.6 is 0 Å². The summed E-state index contributed by atoms with van der Waals surface area (Å²) in [6.07, 6.45) is 0. The molecule has 0 unspecified atom stereocenters. The third-order valence-corrected chi connectivity index (χ3v) is 1.04. The molecule has 0 N–H and O–H groups in total. The summed E-state index contributed by atoms with van der Waals surface area (Å²) in [6, 6.07) is 9.79. The molecule has 11 heavy (non-hydrogen) atoms. The van der Waals surface area contributed by atoms with Crippen LogP contribution in [0, 0.1) is 0 Å². The van der Waals surface area contributed by atoms with Gasteiger partial charge >= 0.3 is 0 Å². The smallest absolute Gasteiger partial charge is 0.183 e. The molecule has 0 aliphatic heterocycles. The molecule has 0 heterocycles. The summed E-state index contributed by atoms with van der Waals surface area (Å²) in [5.41, 5.74) is 1.04. The Morgan fingerprint density at radius 3 is 2.36 bits per heavy atom. The monoisotopic (exact) mass is 148 g/mol. The van der Waals surface area contributed by atoms with E-state index >= 15 is 0 Å². The standard InChI is InChI=1S/C8H11BNO/c1-7(11)10(9)8-5-3-2-4-6-8/h2-6H,1,9H3/q-1. The third-order valence-electron chi connectivity index (χ3n) is 1.04. The molecule has 2 nitrogen and oxygen atoms in total. The molecule has 58 valence electrons. The number of hydrogen-bond acceptors (Lipinski definition) is 1. The number of rotatable bonds is 1. The van der Waals surface area contributed by atoms with Crippen LogP contribution in [0.5, 0.6) is 0 Å². The maximum atomic E-state index is 10.9. The van der Waals surface area contributed by atoms with Crippen molar-refractivity contribution in [2.75, 3.05) is 4.81 Å². The fourth-order valence-electron chi connectivity index (χ4n) is 0.684. The van der Waals surface area contributed by atoms with Crippen molar-refractivity contribution in [3.05, 3.63) is 30.3 Å². The lowest BCUT2D eigenvalue weighted by atomic mass is 10.2. The second-order valence-electron chi connectivity index (χ2n) is 1.97. The fraction of sp³-hybridized carbons (Fsp3) is 0.125. The van der Waals surface area contributed by atoms with Gasteiger partial charge in [0.1, 0.15) is 0 Å². The molecule has 1 aromatic rings. The Hall–Kier alpha value is -1.25. The van der Waals surface area contributed by atoms with E-state index in [4.69, 9.17) is 0 Å². The topological polar surface area (TPSA) is 20.3 Å². The fourth-order valence-corrected chi connectivity index (χ4v) is 0.684. The van der Waals surface area contributed by atoms with Crippen molar-refractivity contribution in [3.8, 4) is 0 Å². The van der Waals surface area contributed by atoms with E-state index in [1.165, 1.54) is 0 Å². The SMILES string of the molecule is [BH3-]N(C(C)=O)c1ccccc1. The van der Waals surface area contributed by atoms with E-state index in [0.717, 1.165) is 5.69 Å². The van der Waals surface area contributed by atoms with Crippen molar-refractivity contribution in [1.29, 1.82) is 0 Å². The Kier molecular flexibility index (Phi) is 2.31. The highest BCUT2D eigenvalue weighted by Crippen LogP contribution is 2.09. The zero-order chi connectivity index (χ0) is 8.27. The van der Waals surface area contributed by atoms with Gasteiger partial charge in [-0.2, -0.15) is 0 Å². The first kappa shape index (κ1) is 7.86. The molecule has 1 rings (SSSR count). The van der Waals surface area contributed by atoms with Crippen LogP contribution in [0.4, 0.5) is 5.69 Å². The van der Waals surface area contributed by atoms with Crippen LogP contribution in [0.1, 0.15) is 6.92 Å². The third kappa shape index (κ3) is 1.83. The summed E-state index contributed by atoms with van der Waals surface area (Å²) in [6.45, 7) is 1.61. The lowest BCUT2D eigenvalue weighted by Gasteiger charge is -2.22. The van der Waals surface area contributed by atoms with E-state index < -0.39 is 0 Å². The van der Waals surface area contributed by atoms with Gasteiger partial charge in [-0.25, -0.2) is 0 Å². The Bertz CT molecular complexity index is 248. The summed E-state index contributed by atoms with van der Waals surface area (Å²) < 4.78 is 0. The van der Waals surface area contributed by atoms with Gasteiger partial charge in [-0.05, 0) is 12.1 Å². The van der Waals surface area contributed by atoms with Crippen LogP contribution in [-0.2, 0) is 4.79 Å². The molecular formula is C8H11BNO-. The van der Waals surface area contributed by atoms with Crippen molar-refractivity contribution >= 4 is 19.6 Å². The van der Waals surface area contributed by atoms with Gasteiger partial charge in [0, 0.05) is 12.6 Å². The number of anilines is 1. The number of benzene rings is 1. The van der Waals surface area contributed by atoms with E-state index in [9.17, 15) is 4.79 Å². The summed E-state index contributed by atoms with van der Waals surface area (Å²) in [7, 11) is -0.0684. The van der Waals surface area contributed by atoms with E-state index in [2.05, 4.69) is 0 Å². The first-order valence-corrected chi connectivity index (χ1v) is 3.06. The molecule has 0 bridgehead atoms. The summed E-state index contributed by atoms with van der Waals surface area (Å²) in [4.78, 5) is 12.8. The van der Waals surface area contributed by atoms with Crippen LogP contribution in [0.3, 0.4) is 0 Å². The van der Waals surface area contributed by atoms with Gasteiger partial charge in [0.2, 0.25) is 0 Å². The summed E-state index contributed by atoms with van der Waals surface area (Å²) in [5.74, 6) is 0.163. The molecule has 0 spiro atoms. The molecule has 0 radical (unpaired) electrons. The lowest BCUT2D eigenvalue weighted by molar-refractivity contribution is -0.115. The average Bonchev–Trinajstić information content (AvgIpc) is 2.05. The van der Waals surface area contributed by atoms with Crippen molar-refractivity contribution in [3.63, 3.8) is 0 Å². The van der Waals surface area contributed by atoms with Crippen molar-refractivity contribution in [2.24, 2.45) is 0 Å². The number of nitrogens with zero attached hydrogens (tertiary/aromatic N) is 1. The molecule has 1 aromatic carbocycles. The zero-order valence-corrected chi connectivity index (χ0v) is 5.74. The van der Waals surface area contributed by atoms with E-state index in [0.29, 0.717) is 0 Å². The van der Waals surface area contributed by atoms with Crippen LogP contribution in [0.25, 0.3) is 0 Å². The average molecular weight is 148 g/mol. The molecule has 3 heteroatoms. The van der Waals surface area contributed by atoms with Gasteiger partial charge in [0.25, 0.3) is 0 Å². The van der Waals surface area contributed by atoms with Crippen LogP contribution in [0.2, 0.25) is 0 Å². The maximum Gasteiger partial charge on any atom is 0.183 e. The molecule has 0 aliphatic rings. The first-order valence-electron chi connectivity index (χ1n) is 3.06. The largest absolute Gasteiger partial charge is 0.498 e. The van der Waals surface area contributed by atoms with Gasteiger partial charge in [-0.1, -0.05) is 18.2 Å². The summed E-state index contributed by atoms with van der Waals surface area (Å²) in [5, 5.41) is 0. The second-order valence-corrected chi connectivity index (χ2v) is 1.97. The summed E-state index contributed by atoms with van der Waals surface area (Å²) >= 11 is 0. The highest BCUT2D eigenvalue weighted by atomic mass is 16.2. The van der Waals surface area contributed by atoms with Gasteiger partial charge in [0.05, 0.1) is 7.98 Å². The molecule has 0 fully saturated rings. The molecule has 0 saturated carbocycles. The van der Waals surface area contributed by atoms with Crippen LogP contribution in [0.15, 0.2) is 30.3 Å². The molecule has 0 aliphatic carbocycles. The minimum absolute atomic E-state index is 0.0684. The number of para-hydroxylation sites is 1. The second kappa shape index (κ2) is 3.24. The van der Waals surface area contributed by atoms with Gasteiger partial charge < -0.3 is 4.81 Å². The minimum Gasteiger partial charge on any atom is -0.498 e. The molecule has 1 amide bonds. The lowest BCUT2D eigenvalue weighted by Crippen LogP contribution is -2.24. The normalized spacial score (nSPS) is 9.27. The molecule has 0 saturated heterocycles. The Labute approximate surface area is 67.3 Å². The number of hydrogen-bond donors (Lipinski definition) is 0. The quantitative estimate of drug-likeness (QED) is 0.525. The Balaban J connectivity index is 2.85. The van der Waals surface area contributed by atoms with E-state index in [1.54, 1.807) is 6.92 Å². The van der Waals surface area contributed by atoms with Crippen LogP contribution < -0.4 is 4.81 Å². The first-order chi connectivity index (χ1) is 5.22. The highest BCUT2D eigenvalue weighted by Gasteiger charge is 1.96. The Morgan fingerprint density at radius 1 is 1.36 bits per heavy atom. The molecule has 0 atom stereocenters.